The molecule has 0 radical (unpaired) electrons. The van der Waals surface area contributed by atoms with Crippen molar-refractivity contribution in [3.63, 3.8) is 0 Å². The zero-order chi connectivity index (χ0) is 21.3. The Labute approximate surface area is 176 Å². The first-order valence-corrected chi connectivity index (χ1v) is 10.0. The highest BCUT2D eigenvalue weighted by Crippen LogP contribution is 2.49. The van der Waals surface area contributed by atoms with Crippen LogP contribution in [0.1, 0.15) is 48.6 Å². The van der Waals surface area contributed by atoms with Crippen molar-refractivity contribution >= 4 is 17.0 Å². The van der Waals surface area contributed by atoms with Crippen LogP contribution in [0.3, 0.4) is 0 Å². The van der Waals surface area contributed by atoms with Crippen LogP contribution in [-0.2, 0) is 0 Å². The molecule has 1 aliphatic carbocycles. The lowest BCUT2D eigenvalue weighted by Gasteiger charge is -2.32. The van der Waals surface area contributed by atoms with Crippen LogP contribution in [0.15, 0.2) is 60.7 Å². The lowest BCUT2D eigenvalue weighted by molar-refractivity contribution is 0.503. The van der Waals surface area contributed by atoms with E-state index in [1.54, 1.807) is 0 Å². The molecule has 0 spiro atoms. The first-order chi connectivity index (χ1) is 14.6. The summed E-state index contributed by atoms with van der Waals surface area (Å²) in [5, 5.41) is 20.0. The molecule has 4 nitrogen and oxygen atoms in total. The zero-order valence-corrected chi connectivity index (χ0v) is 17.1. The zero-order valence-electron chi connectivity index (χ0n) is 17.1. The third kappa shape index (κ3) is 3.13. The van der Waals surface area contributed by atoms with E-state index in [9.17, 15) is 10.5 Å². The summed E-state index contributed by atoms with van der Waals surface area (Å²) in [7, 11) is 0. The average Bonchev–Trinajstić information content (AvgIpc) is 2.78. The van der Waals surface area contributed by atoms with Crippen molar-refractivity contribution in [1.29, 1.82) is 10.5 Å². The highest BCUT2D eigenvalue weighted by Gasteiger charge is 2.35. The number of rotatable bonds is 3. The van der Waals surface area contributed by atoms with E-state index in [4.69, 9.17) is 5.73 Å². The van der Waals surface area contributed by atoms with Crippen LogP contribution in [0.2, 0.25) is 0 Å². The van der Waals surface area contributed by atoms with Crippen molar-refractivity contribution in [1.82, 2.24) is 4.98 Å². The van der Waals surface area contributed by atoms with E-state index in [2.05, 4.69) is 31.0 Å². The van der Waals surface area contributed by atoms with Gasteiger partial charge in [0.2, 0.25) is 0 Å². The minimum Gasteiger partial charge on any atom is -0.383 e. The molecule has 0 saturated carbocycles. The van der Waals surface area contributed by atoms with Crippen LogP contribution in [0.5, 0.6) is 0 Å². The summed E-state index contributed by atoms with van der Waals surface area (Å²) in [6, 6.07) is 24.4. The molecule has 30 heavy (non-hydrogen) atoms. The molecule has 0 bridgehead atoms. The normalized spacial score (nSPS) is 15.4. The maximum Gasteiger partial charge on any atom is 0.142 e. The largest absolute Gasteiger partial charge is 0.383 e. The van der Waals surface area contributed by atoms with Crippen LogP contribution in [-0.4, -0.2) is 4.98 Å². The number of fused-ring (bicyclic) bond motifs is 1. The van der Waals surface area contributed by atoms with Gasteiger partial charge in [0.05, 0.1) is 11.3 Å². The van der Waals surface area contributed by atoms with Crippen LogP contribution in [0.25, 0.3) is 22.3 Å². The second-order valence-electron chi connectivity index (χ2n) is 7.87. The number of nitrogens with zero attached hydrogens (tertiary/aromatic N) is 3. The third-order valence-corrected chi connectivity index (χ3v) is 5.81. The Bertz CT molecular complexity index is 1210. The van der Waals surface area contributed by atoms with Crippen LogP contribution < -0.4 is 5.73 Å². The molecule has 0 fully saturated rings. The van der Waals surface area contributed by atoms with Gasteiger partial charge in [-0.3, -0.25) is 0 Å². The fourth-order valence-corrected chi connectivity index (χ4v) is 4.35. The highest BCUT2D eigenvalue weighted by atomic mass is 14.9. The van der Waals surface area contributed by atoms with Crippen molar-refractivity contribution in [3.05, 3.63) is 83.0 Å². The maximum atomic E-state index is 10.1. The standard InChI is InChI=1S/C26H22N4/c1-16(2)19-13-20(17-9-5-3-6-10-17)21(14-27)25-24(19)23(18-11-7-4-8-12-18)22(15-28)26(29)30-25/h3-12,16,19H,13H2,1-2H3,(H2,29,30). The summed E-state index contributed by atoms with van der Waals surface area (Å²) in [4.78, 5) is 4.61. The molecule has 1 unspecified atom stereocenters. The number of nitrogens with two attached hydrogens (primary N) is 1. The Morgan fingerprint density at radius 1 is 0.933 bits per heavy atom. The van der Waals surface area contributed by atoms with Crippen molar-refractivity contribution in [2.24, 2.45) is 5.92 Å². The Hall–Kier alpha value is -3.89. The number of allylic oxidation sites excluding steroid dienone is 2. The molecule has 2 N–H and O–H groups in total. The van der Waals surface area contributed by atoms with E-state index in [1.807, 2.05) is 60.7 Å². The van der Waals surface area contributed by atoms with Crippen molar-refractivity contribution in [3.8, 4) is 23.3 Å². The van der Waals surface area contributed by atoms with Gasteiger partial charge < -0.3 is 5.73 Å². The molecule has 4 rings (SSSR count). The number of aromatic nitrogens is 1. The molecule has 1 aromatic heterocycles. The van der Waals surface area contributed by atoms with E-state index >= 15 is 0 Å². The van der Waals surface area contributed by atoms with Gasteiger partial charge in [-0.25, -0.2) is 4.98 Å². The summed E-state index contributed by atoms with van der Waals surface area (Å²) in [6.07, 6.45) is 0.716. The molecule has 0 aliphatic heterocycles. The number of nitrogen functional groups attached to an aromatic ring is 1. The Morgan fingerprint density at radius 3 is 2.07 bits per heavy atom. The minimum absolute atomic E-state index is 0.114. The molecule has 1 heterocycles. The van der Waals surface area contributed by atoms with Crippen molar-refractivity contribution in [2.75, 3.05) is 5.73 Å². The third-order valence-electron chi connectivity index (χ3n) is 5.81. The minimum atomic E-state index is 0.114. The first-order valence-electron chi connectivity index (χ1n) is 10.0. The van der Waals surface area contributed by atoms with Gasteiger partial charge in [-0.2, -0.15) is 10.5 Å². The predicted octanol–water partition coefficient (Wildman–Crippen LogP) is 5.78. The summed E-state index contributed by atoms with van der Waals surface area (Å²) in [5.74, 6) is 0.574. The number of benzene rings is 2. The summed E-state index contributed by atoms with van der Waals surface area (Å²) >= 11 is 0. The summed E-state index contributed by atoms with van der Waals surface area (Å²) < 4.78 is 0. The smallest absolute Gasteiger partial charge is 0.142 e. The van der Waals surface area contributed by atoms with E-state index in [-0.39, 0.29) is 11.7 Å². The quantitative estimate of drug-likeness (QED) is 0.614. The lowest BCUT2D eigenvalue weighted by Crippen LogP contribution is -2.19. The lowest BCUT2D eigenvalue weighted by atomic mass is 9.71. The van der Waals surface area contributed by atoms with Crippen molar-refractivity contribution < 1.29 is 0 Å². The molecule has 0 saturated heterocycles. The van der Waals surface area contributed by atoms with Crippen molar-refractivity contribution in [2.45, 2.75) is 26.2 Å². The maximum absolute atomic E-state index is 10.1. The molecule has 2 aromatic carbocycles. The van der Waals surface area contributed by atoms with Crippen LogP contribution >= 0.6 is 0 Å². The van der Waals surface area contributed by atoms with Gasteiger partial charge >= 0.3 is 0 Å². The molecule has 3 aromatic rings. The summed E-state index contributed by atoms with van der Waals surface area (Å²) in [5.41, 5.74) is 12.5. The average molecular weight is 390 g/mol. The van der Waals surface area contributed by atoms with E-state index in [0.29, 0.717) is 29.2 Å². The molecule has 4 heteroatoms. The second kappa shape index (κ2) is 7.85. The van der Waals surface area contributed by atoms with Gasteiger partial charge in [0.25, 0.3) is 0 Å². The SMILES string of the molecule is CC(C)C1CC(c2ccccc2)=C(C#N)c2nc(N)c(C#N)c(-c3ccccc3)c21. The number of hydrogen-bond donors (Lipinski definition) is 1. The van der Waals surface area contributed by atoms with Crippen LogP contribution in [0.4, 0.5) is 5.82 Å². The van der Waals surface area contributed by atoms with Gasteiger partial charge in [0, 0.05) is 5.56 Å². The molecule has 146 valence electrons. The predicted molar refractivity (Wildman–Crippen MR) is 120 cm³/mol. The molecular weight excluding hydrogens is 368 g/mol. The number of anilines is 1. The van der Waals surface area contributed by atoms with E-state index in [1.165, 1.54) is 0 Å². The fourth-order valence-electron chi connectivity index (χ4n) is 4.35. The Balaban J connectivity index is 2.13. The van der Waals surface area contributed by atoms with Gasteiger partial charge in [-0.15, -0.1) is 0 Å². The number of hydrogen-bond acceptors (Lipinski definition) is 4. The second-order valence-corrected chi connectivity index (χ2v) is 7.87. The molecule has 0 amide bonds. The topological polar surface area (TPSA) is 86.5 Å². The van der Waals surface area contributed by atoms with Gasteiger partial charge in [0.15, 0.2) is 0 Å². The monoisotopic (exact) mass is 390 g/mol. The molecular formula is C26H22N4. The van der Waals surface area contributed by atoms with E-state index < -0.39 is 0 Å². The summed E-state index contributed by atoms with van der Waals surface area (Å²) in [6.45, 7) is 4.34. The van der Waals surface area contributed by atoms with Gasteiger partial charge in [0.1, 0.15) is 23.5 Å². The number of nitriles is 2. The fraction of sp³-hybridized carbons (Fsp3) is 0.192. The van der Waals surface area contributed by atoms with Gasteiger partial charge in [-0.05, 0) is 40.5 Å². The van der Waals surface area contributed by atoms with Crippen LogP contribution in [0, 0.1) is 28.6 Å². The molecule has 1 atom stereocenters. The van der Waals surface area contributed by atoms with E-state index in [0.717, 1.165) is 27.8 Å². The highest BCUT2D eigenvalue weighted by molar-refractivity contribution is 6.01. The Morgan fingerprint density at radius 2 is 1.53 bits per heavy atom. The molecule has 1 aliphatic rings. The first kappa shape index (κ1) is 19.4. The number of pyridine rings is 1. The Kier molecular flexibility index (Phi) is 5.09. The van der Waals surface area contributed by atoms with Gasteiger partial charge in [-0.1, -0.05) is 74.5 Å².